The summed E-state index contributed by atoms with van der Waals surface area (Å²) in [6.45, 7) is 0. The van der Waals surface area contributed by atoms with Gasteiger partial charge in [0.1, 0.15) is 0 Å². The molecule has 0 heteroatoms. The highest BCUT2D eigenvalue weighted by atomic mass is 14.2. The Labute approximate surface area is 252 Å². The van der Waals surface area contributed by atoms with Crippen LogP contribution in [0.4, 0.5) is 0 Å². The number of fused-ring (bicyclic) bond motifs is 3. The first-order valence-corrected chi connectivity index (χ1v) is 15.0. The van der Waals surface area contributed by atoms with E-state index in [1.165, 1.54) is 76.8 Å². The van der Waals surface area contributed by atoms with Crippen LogP contribution in [0.3, 0.4) is 0 Å². The molecule has 8 aromatic carbocycles. The Balaban J connectivity index is 1.36. The monoisotopic (exact) mass is 546 g/mol. The average Bonchev–Trinajstić information content (AvgIpc) is 3.09. The Kier molecular flexibility index (Phi) is 6.31. The number of benzene rings is 8. The largest absolute Gasteiger partial charge is 0.0622 e. The zero-order valence-electron chi connectivity index (χ0n) is 23.9. The maximum absolute atomic E-state index is 2.33. The quantitative estimate of drug-likeness (QED) is 0.188. The van der Waals surface area contributed by atoms with Crippen molar-refractivity contribution in [3.8, 4) is 33.4 Å². The minimum Gasteiger partial charge on any atom is -0.0622 e. The lowest BCUT2D eigenvalue weighted by Gasteiger charge is -2.19. The lowest BCUT2D eigenvalue weighted by molar-refractivity contribution is 1.23. The third-order valence-corrected chi connectivity index (χ3v) is 8.77. The van der Waals surface area contributed by atoms with Gasteiger partial charge in [-0.15, -0.1) is 0 Å². The van der Waals surface area contributed by atoms with Crippen molar-refractivity contribution in [3.63, 3.8) is 0 Å². The van der Waals surface area contributed by atoms with Crippen LogP contribution in [-0.2, 0) is 6.42 Å². The average molecular weight is 547 g/mol. The van der Waals surface area contributed by atoms with Crippen LogP contribution in [0.2, 0.25) is 0 Å². The van der Waals surface area contributed by atoms with Crippen LogP contribution in [0.5, 0.6) is 0 Å². The van der Waals surface area contributed by atoms with Gasteiger partial charge in [0.05, 0.1) is 0 Å². The molecule has 0 radical (unpaired) electrons. The Hall–Kier alpha value is -5.46. The Morgan fingerprint density at radius 1 is 0.326 bits per heavy atom. The number of hydrogen-bond acceptors (Lipinski definition) is 0. The van der Waals surface area contributed by atoms with E-state index in [9.17, 15) is 0 Å². The zero-order chi connectivity index (χ0) is 28.6. The van der Waals surface area contributed by atoms with E-state index in [0.29, 0.717) is 0 Å². The summed E-state index contributed by atoms with van der Waals surface area (Å²) in [5, 5.41) is 7.77. The summed E-state index contributed by atoms with van der Waals surface area (Å²) in [6, 6.07) is 61.9. The van der Waals surface area contributed by atoms with Crippen molar-refractivity contribution >= 4 is 32.3 Å². The van der Waals surface area contributed by atoms with Gasteiger partial charge in [-0.1, -0.05) is 164 Å². The van der Waals surface area contributed by atoms with Gasteiger partial charge in [0, 0.05) is 0 Å². The van der Waals surface area contributed by atoms with E-state index in [1.807, 2.05) is 0 Å². The predicted molar refractivity (Wildman–Crippen MR) is 185 cm³/mol. The summed E-state index contributed by atoms with van der Waals surface area (Å²) in [5.74, 6) is 0. The lowest BCUT2D eigenvalue weighted by atomic mass is 9.84. The van der Waals surface area contributed by atoms with Crippen molar-refractivity contribution in [2.75, 3.05) is 0 Å². The van der Waals surface area contributed by atoms with Crippen LogP contribution in [0, 0.1) is 0 Å². The molecule has 202 valence electrons. The molecule has 8 rings (SSSR count). The Bertz CT molecular complexity index is 2180. The van der Waals surface area contributed by atoms with Crippen LogP contribution in [0.25, 0.3) is 65.7 Å². The van der Waals surface area contributed by atoms with Crippen LogP contribution in [0.15, 0.2) is 170 Å². The summed E-state index contributed by atoms with van der Waals surface area (Å²) in [6.07, 6.45) is 0.863. The van der Waals surface area contributed by atoms with E-state index in [2.05, 4.69) is 170 Å². The second-order valence-electron chi connectivity index (χ2n) is 11.3. The molecule has 0 nitrogen and oxygen atoms in total. The van der Waals surface area contributed by atoms with E-state index in [4.69, 9.17) is 0 Å². The molecule has 0 saturated heterocycles. The molecule has 0 heterocycles. The van der Waals surface area contributed by atoms with Gasteiger partial charge < -0.3 is 0 Å². The second kappa shape index (κ2) is 10.7. The first-order valence-electron chi connectivity index (χ1n) is 15.0. The van der Waals surface area contributed by atoms with Gasteiger partial charge in [-0.3, -0.25) is 0 Å². The van der Waals surface area contributed by atoms with E-state index >= 15 is 0 Å². The van der Waals surface area contributed by atoms with Crippen molar-refractivity contribution in [2.45, 2.75) is 6.42 Å². The van der Waals surface area contributed by atoms with E-state index in [0.717, 1.165) is 6.42 Å². The highest BCUT2D eigenvalue weighted by Crippen LogP contribution is 2.43. The molecule has 0 atom stereocenters. The molecular weight excluding hydrogens is 516 g/mol. The second-order valence-corrected chi connectivity index (χ2v) is 11.3. The molecule has 0 aliphatic heterocycles. The Morgan fingerprint density at radius 3 is 1.58 bits per heavy atom. The molecule has 0 saturated carbocycles. The fraction of sp³-hybridized carbons (Fsp3) is 0.0233. The van der Waals surface area contributed by atoms with Gasteiger partial charge >= 0.3 is 0 Å². The smallest absolute Gasteiger partial charge is 0.000728 e. The van der Waals surface area contributed by atoms with Crippen molar-refractivity contribution in [3.05, 3.63) is 181 Å². The van der Waals surface area contributed by atoms with E-state index in [-0.39, 0.29) is 0 Å². The van der Waals surface area contributed by atoms with Crippen molar-refractivity contribution < 1.29 is 0 Å². The van der Waals surface area contributed by atoms with Gasteiger partial charge in [-0.25, -0.2) is 0 Å². The summed E-state index contributed by atoms with van der Waals surface area (Å²) in [5.41, 5.74) is 10.3. The first-order chi connectivity index (χ1) is 21.3. The minimum atomic E-state index is 0.863. The summed E-state index contributed by atoms with van der Waals surface area (Å²) < 4.78 is 0. The molecule has 43 heavy (non-hydrogen) atoms. The van der Waals surface area contributed by atoms with Crippen LogP contribution in [-0.4, -0.2) is 0 Å². The molecule has 0 fully saturated rings. The standard InChI is InChI=1S/C43H30/c1-3-14-30(15-4-1)32-26-27-36-33(28-32)19-13-25-39(36)43-40-23-11-9-21-37(40)42(38-22-10-12-24-41(38)43)29-34-18-7-8-20-35(34)31-16-5-2-6-17-31/h1-28H,29H2. The van der Waals surface area contributed by atoms with Gasteiger partial charge in [-0.2, -0.15) is 0 Å². The van der Waals surface area contributed by atoms with E-state index < -0.39 is 0 Å². The van der Waals surface area contributed by atoms with Crippen LogP contribution in [0.1, 0.15) is 11.1 Å². The van der Waals surface area contributed by atoms with Gasteiger partial charge in [-0.05, 0) is 89.3 Å². The molecule has 0 unspecified atom stereocenters. The molecule has 0 aliphatic carbocycles. The van der Waals surface area contributed by atoms with Gasteiger partial charge in [0.15, 0.2) is 0 Å². The van der Waals surface area contributed by atoms with Crippen LogP contribution < -0.4 is 0 Å². The van der Waals surface area contributed by atoms with Crippen molar-refractivity contribution in [2.24, 2.45) is 0 Å². The van der Waals surface area contributed by atoms with Gasteiger partial charge in [0.2, 0.25) is 0 Å². The lowest BCUT2D eigenvalue weighted by Crippen LogP contribution is -1.97. The number of hydrogen-bond donors (Lipinski definition) is 0. The summed E-state index contributed by atoms with van der Waals surface area (Å²) in [7, 11) is 0. The molecule has 0 aliphatic rings. The SMILES string of the molecule is c1ccc(-c2ccc3c(-c4c5ccccc5c(Cc5ccccc5-c5ccccc5)c5ccccc45)cccc3c2)cc1. The topological polar surface area (TPSA) is 0 Å². The van der Waals surface area contributed by atoms with Crippen LogP contribution >= 0.6 is 0 Å². The fourth-order valence-electron chi connectivity index (χ4n) is 6.78. The number of rotatable bonds is 5. The Morgan fingerprint density at radius 2 is 0.884 bits per heavy atom. The third-order valence-electron chi connectivity index (χ3n) is 8.77. The molecule has 0 amide bonds. The molecule has 0 spiro atoms. The fourth-order valence-corrected chi connectivity index (χ4v) is 6.78. The predicted octanol–water partition coefficient (Wildman–Crippen LogP) is 11.7. The maximum atomic E-state index is 2.33. The molecular formula is C43H30. The molecule has 0 aromatic heterocycles. The van der Waals surface area contributed by atoms with Crippen molar-refractivity contribution in [1.82, 2.24) is 0 Å². The first kappa shape index (κ1) is 25.3. The maximum Gasteiger partial charge on any atom is -0.000728 e. The highest BCUT2D eigenvalue weighted by molar-refractivity contribution is 6.18. The zero-order valence-corrected chi connectivity index (χ0v) is 23.9. The highest BCUT2D eigenvalue weighted by Gasteiger charge is 2.18. The van der Waals surface area contributed by atoms with Crippen molar-refractivity contribution in [1.29, 1.82) is 0 Å². The van der Waals surface area contributed by atoms with E-state index in [1.54, 1.807) is 0 Å². The minimum absolute atomic E-state index is 0.863. The normalized spacial score (nSPS) is 11.3. The third kappa shape index (κ3) is 4.49. The summed E-state index contributed by atoms with van der Waals surface area (Å²) >= 11 is 0. The summed E-state index contributed by atoms with van der Waals surface area (Å²) in [4.78, 5) is 0. The molecule has 8 aromatic rings. The van der Waals surface area contributed by atoms with Gasteiger partial charge in [0.25, 0.3) is 0 Å². The molecule has 0 bridgehead atoms. The molecule has 0 N–H and O–H groups in total.